The summed E-state index contributed by atoms with van der Waals surface area (Å²) in [4.78, 5) is 11.3. The second-order valence-corrected chi connectivity index (χ2v) is 5.75. The lowest BCUT2D eigenvalue weighted by atomic mass is 9.78. The van der Waals surface area contributed by atoms with Crippen molar-refractivity contribution in [1.82, 2.24) is 5.32 Å². The quantitative estimate of drug-likeness (QED) is 0.846. The van der Waals surface area contributed by atoms with Crippen molar-refractivity contribution in [3.8, 4) is 0 Å². The van der Waals surface area contributed by atoms with Crippen LogP contribution in [0.5, 0.6) is 0 Å². The fourth-order valence-corrected chi connectivity index (χ4v) is 2.51. The average molecular weight is 308 g/mol. The Bertz CT molecular complexity index is 543. The molecule has 0 unspecified atom stereocenters. The molecule has 0 bridgehead atoms. The third kappa shape index (κ3) is 2.70. The van der Waals surface area contributed by atoms with E-state index >= 15 is 0 Å². The van der Waals surface area contributed by atoms with Crippen LogP contribution in [0.2, 0.25) is 5.02 Å². The lowest BCUT2D eigenvalue weighted by Gasteiger charge is -2.39. The van der Waals surface area contributed by atoms with Gasteiger partial charge in [-0.3, -0.25) is 0 Å². The molecule has 0 radical (unpaired) electrons. The monoisotopic (exact) mass is 307 g/mol. The number of amides is 1. The summed E-state index contributed by atoms with van der Waals surface area (Å²) < 4.78 is 44.2. The summed E-state index contributed by atoms with van der Waals surface area (Å²) in [6, 6.07) is 2.71. The standard InChI is InChI=1S/C13H13ClF3NO2/c1-12(2)6-20-11(19)18-10(12)9-7(13(15,16)17)4-3-5-8(9)14/h3-5,10H,6H2,1-2H3,(H,18,19)/t10-/m0/s1. The SMILES string of the molecule is CC1(C)COC(=O)N[C@H]1c1c(Cl)cccc1C(F)(F)F. The van der Waals surface area contributed by atoms with Crippen molar-refractivity contribution in [2.45, 2.75) is 26.1 Å². The van der Waals surface area contributed by atoms with E-state index in [1.165, 1.54) is 12.1 Å². The minimum atomic E-state index is -4.54. The number of halogens is 4. The van der Waals surface area contributed by atoms with Crippen LogP contribution in [-0.4, -0.2) is 12.7 Å². The number of carbonyl (C=O) groups is 1. The summed E-state index contributed by atoms with van der Waals surface area (Å²) >= 11 is 5.95. The van der Waals surface area contributed by atoms with Crippen LogP contribution in [0.1, 0.15) is 31.0 Å². The number of carbonyl (C=O) groups excluding carboxylic acids is 1. The van der Waals surface area contributed by atoms with Crippen molar-refractivity contribution in [1.29, 1.82) is 0 Å². The number of rotatable bonds is 1. The van der Waals surface area contributed by atoms with E-state index in [2.05, 4.69) is 5.32 Å². The first-order valence-electron chi connectivity index (χ1n) is 5.92. The maximum absolute atomic E-state index is 13.1. The highest BCUT2D eigenvalue weighted by Gasteiger charge is 2.44. The zero-order chi connectivity index (χ0) is 15.1. The number of hydrogen-bond acceptors (Lipinski definition) is 2. The van der Waals surface area contributed by atoms with Gasteiger partial charge in [-0.2, -0.15) is 13.2 Å². The van der Waals surface area contributed by atoms with Gasteiger partial charge < -0.3 is 10.1 Å². The van der Waals surface area contributed by atoms with E-state index in [1.54, 1.807) is 13.8 Å². The van der Waals surface area contributed by atoms with E-state index in [-0.39, 0.29) is 17.2 Å². The normalized spacial score (nSPS) is 22.1. The largest absolute Gasteiger partial charge is 0.449 e. The molecule has 1 fully saturated rings. The number of ether oxygens (including phenoxy) is 1. The average Bonchev–Trinajstić information content (AvgIpc) is 2.31. The highest BCUT2D eigenvalue weighted by Crippen LogP contribution is 2.45. The zero-order valence-electron chi connectivity index (χ0n) is 10.8. The molecule has 7 heteroatoms. The molecular weight excluding hydrogens is 295 g/mol. The predicted molar refractivity (Wildman–Crippen MR) is 67.5 cm³/mol. The first-order chi connectivity index (χ1) is 9.13. The highest BCUT2D eigenvalue weighted by atomic mass is 35.5. The Hall–Kier alpha value is -1.43. The first kappa shape index (κ1) is 15.0. The topological polar surface area (TPSA) is 38.3 Å². The summed E-state index contributed by atoms with van der Waals surface area (Å²) in [5, 5.41) is 2.40. The molecule has 1 saturated heterocycles. The molecule has 1 aliphatic heterocycles. The first-order valence-corrected chi connectivity index (χ1v) is 6.29. The summed E-state index contributed by atoms with van der Waals surface area (Å²) in [7, 11) is 0. The molecule has 0 aromatic heterocycles. The van der Waals surface area contributed by atoms with Crippen LogP contribution in [0.15, 0.2) is 18.2 Å². The molecule has 1 aromatic rings. The fraction of sp³-hybridized carbons (Fsp3) is 0.462. The summed E-state index contributed by atoms with van der Waals surface area (Å²) in [5.74, 6) is 0. The second-order valence-electron chi connectivity index (χ2n) is 5.34. The van der Waals surface area contributed by atoms with E-state index < -0.39 is 29.3 Å². The van der Waals surface area contributed by atoms with Gasteiger partial charge in [-0.15, -0.1) is 0 Å². The molecule has 2 rings (SSSR count). The van der Waals surface area contributed by atoms with Crippen molar-refractivity contribution < 1.29 is 22.7 Å². The molecule has 1 heterocycles. The van der Waals surface area contributed by atoms with E-state index in [4.69, 9.17) is 16.3 Å². The number of cyclic esters (lactones) is 1. The van der Waals surface area contributed by atoms with Crippen molar-refractivity contribution in [2.75, 3.05) is 6.61 Å². The van der Waals surface area contributed by atoms with Crippen molar-refractivity contribution >= 4 is 17.7 Å². The highest BCUT2D eigenvalue weighted by molar-refractivity contribution is 6.31. The molecule has 110 valence electrons. The van der Waals surface area contributed by atoms with Gasteiger partial charge in [0.1, 0.15) is 6.61 Å². The van der Waals surface area contributed by atoms with Gasteiger partial charge in [-0.05, 0) is 12.1 Å². The van der Waals surface area contributed by atoms with E-state index in [0.717, 1.165) is 6.07 Å². The van der Waals surface area contributed by atoms with Gasteiger partial charge in [-0.1, -0.05) is 31.5 Å². The van der Waals surface area contributed by atoms with Gasteiger partial charge in [0, 0.05) is 16.0 Å². The summed E-state index contributed by atoms with van der Waals surface area (Å²) in [6.45, 7) is 3.44. The Kier molecular flexibility index (Phi) is 3.62. The van der Waals surface area contributed by atoms with E-state index in [0.29, 0.717) is 0 Å². The third-order valence-corrected chi connectivity index (χ3v) is 3.60. The van der Waals surface area contributed by atoms with Crippen LogP contribution < -0.4 is 5.32 Å². The molecule has 3 nitrogen and oxygen atoms in total. The van der Waals surface area contributed by atoms with Gasteiger partial charge in [0.25, 0.3) is 0 Å². The molecule has 1 N–H and O–H groups in total. The Morgan fingerprint density at radius 2 is 2.05 bits per heavy atom. The van der Waals surface area contributed by atoms with Gasteiger partial charge in [0.15, 0.2) is 0 Å². The number of alkyl halides is 3. The maximum atomic E-state index is 13.1. The molecule has 1 aliphatic rings. The van der Waals surface area contributed by atoms with Gasteiger partial charge in [0.05, 0.1) is 11.6 Å². The van der Waals surface area contributed by atoms with E-state index in [1.807, 2.05) is 0 Å². The Morgan fingerprint density at radius 1 is 1.40 bits per heavy atom. The Morgan fingerprint density at radius 3 is 2.65 bits per heavy atom. The molecule has 0 spiro atoms. The molecule has 1 aromatic carbocycles. The number of hydrogen-bond donors (Lipinski definition) is 1. The summed E-state index contributed by atoms with van der Waals surface area (Å²) in [5.41, 5.74) is -1.67. The lowest BCUT2D eigenvalue weighted by Crippen LogP contribution is -2.47. The van der Waals surface area contributed by atoms with Crippen LogP contribution in [0.3, 0.4) is 0 Å². The smallest absolute Gasteiger partial charge is 0.416 e. The molecule has 1 atom stereocenters. The molecular formula is C13H13ClF3NO2. The molecule has 0 aliphatic carbocycles. The molecule has 1 amide bonds. The minimum Gasteiger partial charge on any atom is -0.449 e. The fourth-order valence-electron chi connectivity index (χ4n) is 2.23. The maximum Gasteiger partial charge on any atom is 0.416 e. The molecule has 20 heavy (non-hydrogen) atoms. The minimum absolute atomic E-state index is 0.0199. The summed E-state index contributed by atoms with van der Waals surface area (Å²) in [6.07, 6.45) is -5.29. The zero-order valence-corrected chi connectivity index (χ0v) is 11.6. The van der Waals surface area contributed by atoms with Gasteiger partial charge >= 0.3 is 12.3 Å². The Balaban J connectivity index is 2.58. The van der Waals surface area contributed by atoms with Crippen molar-refractivity contribution in [3.05, 3.63) is 34.3 Å². The lowest BCUT2D eigenvalue weighted by molar-refractivity contribution is -0.139. The Labute approximate surface area is 119 Å². The van der Waals surface area contributed by atoms with Crippen molar-refractivity contribution in [3.63, 3.8) is 0 Å². The number of nitrogens with one attached hydrogen (secondary N) is 1. The number of benzene rings is 1. The van der Waals surface area contributed by atoms with Crippen LogP contribution in [-0.2, 0) is 10.9 Å². The van der Waals surface area contributed by atoms with E-state index in [9.17, 15) is 18.0 Å². The van der Waals surface area contributed by atoms with Crippen LogP contribution in [0, 0.1) is 5.41 Å². The van der Waals surface area contributed by atoms with Gasteiger partial charge in [0.2, 0.25) is 0 Å². The van der Waals surface area contributed by atoms with Crippen LogP contribution in [0.4, 0.5) is 18.0 Å². The van der Waals surface area contributed by atoms with Crippen LogP contribution in [0.25, 0.3) is 0 Å². The van der Waals surface area contributed by atoms with Gasteiger partial charge in [-0.25, -0.2) is 4.79 Å². The molecule has 0 saturated carbocycles. The predicted octanol–water partition coefficient (Wildman–Crippen LogP) is 4.17. The van der Waals surface area contributed by atoms with Crippen molar-refractivity contribution in [2.24, 2.45) is 5.41 Å². The third-order valence-electron chi connectivity index (χ3n) is 3.27. The number of alkyl carbamates (subject to hydrolysis) is 1. The van der Waals surface area contributed by atoms with Crippen LogP contribution >= 0.6 is 11.6 Å². The second kappa shape index (κ2) is 4.84.